The van der Waals surface area contributed by atoms with Crippen molar-refractivity contribution < 1.29 is 23.7 Å². The molecule has 4 N–H and O–H groups in total. The molecule has 204 valence electrons. The van der Waals surface area contributed by atoms with Gasteiger partial charge in [-0.15, -0.1) is 0 Å². The average Bonchev–Trinajstić information content (AvgIpc) is 2.89. The van der Waals surface area contributed by atoms with Crippen molar-refractivity contribution in [3.05, 3.63) is 76.6 Å². The molecule has 0 spiro atoms. The molecule has 0 saturated carbocycles. The normalized spacial score (nSPS) is 15.1. The van der Waals surface area contributed by atoms with E-state index in [0.29, 0.717) is 23.2 Å². The van der Waals surface area contributed by atoms with Gasteiger partial charge >= 0.3 is 0 Å². The van der Waals surface area contributed by atoms with Gasteiger partial charge in [-0.05, 0) is 104 Å². The van der Waals surface area contributed by atoms with Crippen LogP contribution in [-0.4, -0.2) is 38.0 Å². The lowest BCUT2D eigenvalue weighted by Gasteiger charge is -2.28. The van der Waals surface area contributed by atoms with E-state index >= 15 is 0 Å². The molecule has 0 amide bonds. The maximum atomic E-state index is 14.5. The number of ether oxygens (including phenoxy) is 3. The van der Waals surface area contributed by atoms with Gasteiger partial charge < -0.3 is 30.4 Å². The standard InChI is InChI=1S/C31H39FN2O4/c1-31(2,33)19-38-28-12-7-20(14-26(28)32)6-5-13-34-27-18-30(37-4)29(36-3)17-25(27)23-9-8-22-16-24(35)11-10-21(22)15-23/h7,10-12,14,16-18,23,34-35H,5-6,8-9,13,15,19,33H2,1-4H3. The van der Waals surface area contributed by atoms with Crippen LogP contribution in [-0.2, 0) is 19.3 Å². The molecule has 3 aromatic carbocycles. The lowest BCUT2D eigenvalue weighted by atomic mass is 9.79. The van der Waals surface area contributed by atoms with E-state index in [1.165, 1.54) is 22.8 Å². The third kappa shape index (κ3) is 6.90. The number of halogens is 1. The fourth-order valence-corrected chi connectivity index (χ4v) is 4.99. The first-order chi connectivity index (χ1) is 18.2. The number of hydrogen-bond donors (Lipinski definition) is 3. The molecule has 7 heteroatoms. The summed E-state index contributed by atoms with van der Waals surface area (Å²) in [5.41, 5.74) is 11.0. The van der Waals surface area contributed by atoms with Crippen molar-refractivity contribution in [3.8, 4) is 23.0 Å². The second-order valence-electron chi connectivity index (χ2n) is 10.8. The van der Waals surface area contributed by atoms with Crippen LogP contribution in [0.5, 0.6) is 23.0 Å². The average molecular weight is 523 g/mol. The Morgan fingerprint density at radius 2 is 1.76 bits per heavy atom. The van der Waals surface area contributed by atoms with Crippen molar-refractivity contribution in [1.29, 1.82) is 0 Å². The van der Waals surface area contributed by atoms with E-state index in [1.54, 1.807) is 26.4 Å². The molecule has 0 radical (unpaired) electrons. The lowest BCUT2D eigenvalue weighted by Crippen LogP contribution is -2.38. The third-order valence-electron chi connectivity index (χ3n) is 6.97. The monoisotopic (exact) mass is 522 g/mol. The van der Waals surface area contributed by atoms with Crippen LogP contribution >= 0.6 is 0 Å². The predicted octanol–water partition coefficient (Wildman–Crippen LogP) is 5.98. The molecule has 1 aliphatic carbocycles. The Labute approximate surface area is 224 Å². The van der Waals surface area contributed by atoms with Crippen molar-refractivity contribution in [1.82, 2.24) is 0 Å². The first-order valence-corrected chi connectivity index (χ1v) is 13.2. The topological polar surface area (TPSA) is 86.0 Å². The maximum absolute atomic E-state index is 14.5. The fourth-order valence-electron chi connectivity index (χ4n) is 4.99. The molecule has 38 heavy (non-hydrogen) atoms. The number of rotatable bonds is 11. The fraction of sp³-hybridized carbons (Fsp3) is 0.419. The number of phenols is 1. The minimum atomic E-state index is -0.524. The van der Waals surface area contributed by atoms with E-state index in [9.17, 15) is 9.50 Å². The van der Waals surface area contributed by atoms with Crippen LogP contribution in [0.25, 0.3) is 0 Å². The van der Waals surface area contributed by atoms with Gasteiger partial charge in [0, 0.05) is 23.8 Å². The first kappa shape index (κ1) is 27.6. The summed E-state index contributed by atoms with van der Waals surface area (Å²) in [7, 11) is 3.29. The number of nitrogens with one attached hydrogen (secondary N) is 1. The Morgan fingerprint density at radius 3 is 2.47 bits per heavy atom. The van der Waals surface area contributed by atoms with Crippen LogP contribution in [0.2, 0.25) is 0 Å². The summed E-state index contributed by atoms with van der Waals surface area (Å²) in [6, 6.07) is 14.9. The molecular weight excluding hydrogens is 483 g/mol. The smallest absolute Gasteiger partial charge is 0.165 e. The molecule has 1 unspecified atom stereocenters. The summed E-state index contributed by atoms with van der Waals surface area (Å²) in [4.78, 5) is 0. The van der Waals surface area contributed by atoms with Gasteiger partial charge in [-0.2, -0.15) is 0 Å². The van der Waals surface area contributed by atoms with Gasteiger partial charge in [-0.3, -0.25) is 0 Å². The van der Waals surface area contributed by atoms with E-state index in [1.807, 2.05) is 38.1 Å². The Bertz CT molecular complexity index is 1260. The quantitative estimate of drug-likeness (QED) is 0.269. The molecule has 0 heterocycles. The molecule has 0 saturated heterocycles. The number of anilines is 1. The number of benzene rings is 3. The maximum Gasteiger partial charge on any atom is 0.165 e. The Balaban J connectivity index is 1.43. The number of methoxy groups -OCH3 is 2. The number of phenolic OH excluding ortho intramolecular Hbond substituents is 1. The number of fused-ring (bicyclic) bond motifs is 1. The van der Waals surface area contributed by atoms with Crippen molar-refractivity contribution in [2.45, 2.75) is 57.4 Å². The highest BCUT2D eigenvalue weighted by Gasteiger charge is 2.24. The highest BCUT2D eigenvalue weighted by Crippen LogP contribution is 2.42. The minimum absolute atomic E-state index is 0.227. The van der Waals surface area contributed by atoms with Crippen molar-refractivity contribution >= 4 is 5.69 Å². The molecule has 0 fully saturated rings. The molecular formula is C31H39FN2O4. The molecule has 6 nitrogen and oxygen atoms in total. The Kier molecular flexibility index (Phi) is 8.67. The van der Waals surface area contributed by atoms with E-state index in [-0.39, 0.29) is 18.2 Å². The molecule has 4 rings (SSSR count). The largest absolute Gasteiger partial charge is 0.508 e. The summed E-state index contributed by atoms with van der Waals surface area (Å²) in [5, 5.41) is 13.4. The van der Waals surface area contributed by atoms with Crippen molar-refractivity contribution in [2.24, 2.45) is 5.73 Å². The molecule has 1 aliphatic rings. The van der Waals surface area contributed by atoms with E-state index < -0.39 is 5.54 Å². The Hall–Kier alpha value is -3.45. The van der Waals surface area contributed by atoms with Gasteiger partial charge in [0.1, 0.15) is 12.4 Å². The third-order valence-corrected chi connectivity index (χ3v) is 6.97. The van der Waals surface area contributed by atoms with Gasteiger partial charge in [-0.1, -0.05) is 12.1 Å². The summed E-state index contributed by atoms with van der Waals surface area (Å²) in [6.45, 7) is 4.65. The van der Waals surface area contributed by atoms with Crippen LogP contribution in [0.4, 0.5) is 10.1 Å². The summed E-state index contributed by atoms with van der Waals surface area (Å²) in [6.07, 6.45) is 4.35. The van der Waals surface area contributed by atoms with Crippen LogP contribution in [0.1, 0.15) is 54.9 Å². The predicted molar refractivity (Wildman–Crippen MR) is 149 cm³/mol. The zero-order chi connectivity index (χ0) is 27.3. The molecule has 0 aromatic heterocycles. The molecule has 3 aromatic rings. The van der Waals surface area contributed by atoms with E-state index in [4.69, 9.17) is 19.9 Å². The zero-order valence-corrected chi connectivity index (χ0v) is 22.8. The van der Waals surface area contributed by atoms with Crippen LogP contribution in [0.3, 0.4) is 0 Å². The minimum Gasteiger partial charge on any atom is -0.508 e. The van der Waals surface area contributed by atoms with Crippen molar-refractivity contribution in [3.63, 3.8) is 0 Å². The van der Waals surface area contributed by atoms with E-state index in [0.717, 1.165) is 49.9 Å². The molecule has 0 bridgehead atoms. The van der Waals surface area contributed by atoms with Gasteiger partial charge in [0.05, 0.1) is 14.2 Å². The summed E-state index contributed by atoms with van der Waals surface area (Å²) in [5.74, 6) is 1.88. The SMILES string of the molecule is COc1cc(NCCCc2ccc(OCC(C)(C)N)c(F)c2)c(C2CCc3cc(O)ccc3C2)cc1OC. The number of hydrogen-bond acceptors (Lipinski definition) is 6. The zero-order valence-electron chi connectivity index (χ0n) is 22.8. The number of nitrogens with two attached hydrogens (primary N) is 1. The van der Waals surface area contributed by atoms with Gasteiger partial charge in [0.25, 0.3) is 0 Å². The van der Waals surface area contributed by atoms with E-state index in [2.05, 4.69) is 11.4 Å². The van der Waals surface area contributed by atoms with Gasteiger partial charge in [0.2, 0.25) is 0 Å². The van der Waals surface area contributed by atoms with Crippen LogP contribution in [0, 0.1) is 5.82 Å². The van der Waals surface area contributed by atoms with Crippen LogP contribution in [0.15, 0.2) is 48.5 Å². The molecule has 0 aliphatic heterocycles. The highest BCUT2D eigenvalue weighted by atomic mass is 19.1. The van der Waals surface area contributed by atoms with Gasteiger partial charge in [0.15, 0.2) is 23.1 Å². The number of aryl methyl sites for hydroxylation is 2. The first-order valence-electron chi connectivity index (χ1n) is 13.2. The summed E-state index contributed by atoms with van der Waals surface area (Å²) >= 11 is 0. The highest BCUT2D eigenvalue weighted by molar-refractivity contribution is 5.62. The second-order valence-corrected chi connectivity index (χ2v) is 10.8. The lowest BCUT2D eigenvalue weighted by molar-refractivity contribution is 0.234. The second kappa shape index (κ2) is 11.9. The Morgan fingerprint density at radius 1 is 1.00 bits per heavy atom. The summed E-state index contributed by atoms with van der Waals surface area (Å²) < 4.78 is 31.2. The van der Waals surface area contributed by atoms with Gasteiger partial charge in [-0.25, -0.2) is 4.39 Å². The number of aromatic hydroxyl groups is 1. The van der Waals surface area contributed by atoms with Crippen LogP contribution < -0.4 is 25.3 Å². The van der Waals surface area contributed by atoms with Crippen molar-refractivity contribution in [2.75, 3.05) is 32.7 Å². The molecule has 1 atom stereocenters.